The molecule has 4 aromatic rings. The molecule has 36 heavy (non-hydrogen) atoms. The van der Waals surface area contributed by atoms with E-state index in [2.05, 4.69) is 4.98 Å². The molecule has 0 atom stereocenters. The van der Waals surface area contributed by atoms with Gasteiger partial charge in [0.25, 0.3) is 5.69 Å². The van der Waals surface area contributed by atoms with Crippen molar-refractivity contribution < 1.29 is 37.1 Å². The van der Waals surface area contributed by atoms with Crippen LogP contribution in [0.1, 0.15) is 34.6 Å². The van der Waals surface area contributed by atoms with Gasteiger partial charge in [-0.25, -0.2) is 22.5 Å². The zero-order chi connectivity index (χ0) is 26.6. The number of nitrogens with zero attached hydrogens (tertiary/aromatic N) is 2. The Balaban J connectivity index is 0.000000201. The molecular weight excluding hydrogens is 500 g/mol. The molecule has 184 valence electrons. The summed E-state index contributed by atoms with van der Waals surface area (Å²) < 4.78 is 53.7. The number of Topliss-reactive ketones (excluding diaryl/α,β-unsaturated/α-hetero) is 2. The summed E-state index contributed by atoms with van der Waals surface area (Å²) in [6.45, 7) is 2.65. The number of rotatable bonds is 4. The number of ketones is 2. The quantitative estimate of drug-likeness (QED) is 0.114. The van der Waals surface area contributed by atoms with Crippen molar-refractivity contribution in [1.29, 1.82) is 0 Å². The van der Waals surface area contributed by atoms with E-state index in [0.29, 0.717) is 10.8 Å². The summed E-state index contributed by atoms with van der Waals surface area (Å²) in [6, 6.07) is 11.9. The van der Waals surface area contributed by atoms with Crippen LogP contribution in [0.4, 0.5) is 17.6 Å². The molecule has 0 spiro atoms. The molecule has 0 unspecified atom stereocenters. The molecule has 0 radical (unpaired) electrons. The van der Waals surface area contributed by atoms with Crippen molar-refractivity contribution in [2.24, 2.45) is 0 Å². The van der Waals surface area contributed by atoms with Gasteiger partial charge in [0.05, 0.1) is 16.8 Å². The Morgan fingerprint density at radius 1 is 0.806 bits per heavy atom. The first-order valence-electron chi connectivity index (χ1n) is 10.3. The minimum absolute atomic E-state index is 0.00231. The number of pyridine rings is 2. The van der Waals surface area contributed by atoms with Crippen LogP contribution in [0.3, 0.4) is 0 Å². The molecule has 0 aliphatic rings. The molecule has 2 aromatic carbocycles. The maximum atomic E-state index is 13.7. The molecular formula is C26H18ClF4N2O3+. The van der Waals surface area contributed by atoms with E-state index < -0.39 is 23.3 Å². The number of carbonyl (C=O) groups is 2. The lowest BCUT2D eigenvalue weighted by Gasteiger charge is -2.07. The fourth-order valence-corrected chi connectivity index (χ4v) is 3.49. The molecule has 5 nitrogen and oxygen atoms in total. The van der Waals surface area contributed by atoms with Gasteiger partial charge in [0.1, 0.15) is 28.4 Å². The Bertz CT molecular complexity index is 1480. The van der Waals surface area contributed by atoms with Crippen LogP contribution in [0.25, 0.3) is 22.5 Å². The maximum Gasteiger partial charge on any atom is 0.278 e. The Labute approximate surface area is 208 Å². The largest absolute Gasteiger partial charge is 0.294 e. The number of halogens is 5. The van der Waals surface area contributed by atoms with Crippen LogP contribution < -0.4 is 4.73 Å². The maximum absolute atomic E-state index is 13.7. The van der Waals surface area contributed by atoms with Gasteiger partial charge in [-0.2, -0.15) is 0 Å². The summed E-state index contributed by atoms with van der Waals surface area (Å²) in [4.78, 5) is 26.8. The highest BCUT2D eigenvalue weighted by atomic mass is 35.5. The van der Waals surface area contributed by atoms with E-state index in [1.54, 1.807) is 0 Å². The second-order valence-electron chi connectivity index (χ2n) is 7.51. The highest BCUT2D eigenvalue weighted by molar-refractivity contribution is 6.29. The third-order valence-corrected chi connectivity index (χ3v) is 5.18. The Hall–Kier alpha value is -4.11. The SMILES string of the molecule is CC(=O)c1ccc(Cl)nc1-c1ccc(F)cc1F.CC(=O)c1ccc[n+](O)c1-c1ccc(F)cc1F. The first kappa shape index (κ1) is 26.5. The minimum Gasteiger partial charge on any atom is -0.294 e. The molecule has 0 saturated heterocycles. The fourth-order valence-electron chi connectivity index (χ4n) is 3.34. The predicted octanol–water partition coefficient (Wildman–Crippen LogP) is 6.24. The molecule has 10 heteroatoms. The number of aromatic nitrogens is 2. The van der Waals surface area contributed by atoms with Crippen LogP contribution in [-0.2, 0) is 0 Å². The molecule has 0 saturated carbocycles. The highest BCUT2D eigenvalue weighted by Gasteiger charge is 2.24. The first-order chi connectivity index (χ1) is 17.0. The fraction of sp³-hybridized carbons (Fsp3) is 0.0769. The first-order valence-corrected chi connectivity index (χ1v) is 10.7. The van der Waals surface area contributed by atoms with Crippen LogP contribution in [0.2, 0.25) is 5.15 Å². The standard InChI is InChI=1S/C13H8ClF2NO.C13H10F2NO2/c1-7(18)9-4-5-12(14)17-13(9)10-3-2-8(15)6-11(10)16;1-8(17)10-3-2-6-16(18)13(10)11-5-4-9(14)7-12(11)15/h2-6H,1H3;2-7,18H,1H3/q;+1. The van der Waals surface area contributed by atoms with Gasteiger partial charge in [-0.05, 0) is 56.3 Å². The van der Waals surface area contributed by atoms with Crippen LogP contribution >= 0.6 is 11.6 Å². The average molecular weight is 518 g/mol. The average Bonchev–Trinajstić information content (AvgIpc) is 2.79. The van der Waals surface area contributed by atoms with E-state index in [1.165, 1.54) is 56.4 Å². The van der Waals surface area contributed by atoms with Crippen LogP contribution in [0, 0.1) is 23.3 Å². The number of benzene rings is 2. The third-order valence-electron chi connectivity index (χ3n) is 4.97. The summed E-state index contributed by atoms with van der Waals surface area (Å²) in [5, 5.41) is 9.83. The van der Waals surface area contributed by atoms with E-state index in [1.807, 2.05) is 0 Å². The van der Waals surface area contributed by atoms with Crippen molar-refractivity contribution in [3.05, 3.63) is 106 Å². The van der Waals surface area contributed by atoms with E-state index in [4.69, 9.17) is 11.6 Å². The molecule has 2 aromatic heterocycles. The molecule has 4 rings (SSSR count). The monoisotopic (exact) mass is 517 g/mol. The van der Waals surface area contributed by atoms with E-state index in [9.17, 15) is 32.4 Å². The molecule has 1 N–H and O–H groups in total. The molecule has 2 heterocycles. The second-order valence-corrected chi connectivity index (χ2v) is 7.89. The summed E-state index contributed by atoms with van der Waals surface area (Å²) in [7, 11) is 0. The number of carbonyl (C=O) groups excluding carboxylic acids is 2. The van der Waals surface area contributed by atoms with Crippen molar-refractivity contribution in [1.82, 2.24) is 4.98 Å². The zero-order valence-electron chi connectivity index (χ0n) is 18.9. The van der Waals surface area contributed by atoms with Crippen molar-refractivity contribution in [2.75, 3.05) is 0 Å². The van der Waals surface area contributed by atoms with Gasteiger partial charge in [-0.3, -0.25) is 14.8 Å². The molecule has 0 fully saturated rings. The van der Waals surface area contributed by atoms with Crippen LogP contribution in [0.15, 0.2) is 66.9 Å². The van der Waals surface area contributed by atoms with Gasteiger partial charge < -0.3 is 0 Å². The third kappa shape index (κ3) is 5.92. The molecule has 0 bridgehead atoms. The van der Waals surface area contributed by atoms with E-state index >= 15 is 0 Å². The van der Waals surface area contributed by atoms with E-state index in [-0.39, 0.29) is 50.4 Å². The van der Waals surface area contributed by atoms with Gasteiger partial charge in [-0.1, -0.05) is 11.6 Å². The zero-order valence-corrected chi connectivity index (χ0v) is 19.7. The van der Waals surface area contributed by atoms with Crippen molar-refractivity contribution in [2.45, 2.75) is 13.8 Å². The lowest BCUT2D eigenvalue weighted by Crippen LogP contribution is -2.34. The minimum atomic E-state index is -0.841. The summed E-state index contributed by atoms with van der Waals surface area (Å²) >= 11 is 5.74. The summed E-state index contributed by atoms with van der Waals surface area (Å²) in [5.41, 5.74) is 0.527. The van der Waals surface area contributed by atoms with E-state index in [0.717, 1.165) is 18.2 Å². The van der Waals surface area contributed by atoms with Crippen LogP contribution in [0.5, 0.6) is 0 Å². The Morgan fingerprint density at radius 2 is 1.36 bits per heavy atom. The summed E-state index contributed by atoms with van der Waals surface area (Å²) in [5.74, 6) is -3.63. The molecule has 0 aliphatic heterocycles. The normalized spacial score (nSPS) is 10.4. The van der Waals surface area contributed by atoms with Crippen LogP contribution in [-0.4, -0.2) is 21.8 Å². The topological polar surface area (TPSA) is 71.1 Å². The van der Waals surface area contributed by atoms with Crippen molar-refractivity contribution >= 4 is 23.2 Å². The lowest BCUT2D eigenvalue weighted by molar-refractivity contribution is -0.896. The number of hydrogen-bond acceptors (Lipinski definition) is 4. The Morgan fingerprint density at radius 3 is 1.89 bits per heavy atom. The second kappa shape index (κ2) is 11.1. The summed E-state index contributed by atoms with van der Waals surface area (Å²) in [6.07, 6.45) is 1.27. The van der Waals surface area contributed by atoms with Gasteiger partial charge in [-0.15, -0.1) is 0 Å². The van der Waals surface area contributed by atoms with Gasteiger partial charge in [0.15, 0.2) is 11.6 Å². The molecule has 0 amide bonds. The van der Waals surface area contributed by atoms with Crippen molar-refractivity contribution in [3.63, 3.8) is 0 Å². The number of hydrogen-bond donors (Lipinski definition) is 1. The smallest absolute Gasteiger partial charge is 0.278 e. The Kier molecular flexibility index (Phi) is 8.16. The molecule has 0 aliphatic carbocycles. The predicted molar refractivity (Wildman–Crippen MR) is 124 cm³/mol. The van der Waals surface area contributed by atoms with Gasteiger partial charge in [0.2, 0.25) is 6.20 Å². The van der Waals surface area contributed by atoms with Gasteiger partial charge in [0, 0.05) is 34.1 Å². The highest BCUT2D eigenvalue weighted by Crippen LogP contribution is 2.27. The lowest BCUT2D eigenvalue weighted by atomic mass is 10.0. The van der Waals surface area contributed by atoms with Gasteiger partial charge >= 0.3 is 0 Å². The van der Waals surface area contributed by atoms with Crippen molar-refractivity contribution in [3.8, 4) is 22.5 Å².